The molecule has 0 unspecified atom stereocenters. The van der Waals surface area contributed by atoms with Crippen molar-refractivity contribution in [2.24, 2.45) is 0 Å². The van der Waals surface area contributed by atoms with Crippen LogP contribution in [-0.2, 0) is 10.0 Å². The fraction of sp³-hybridized carbons (Fsp3) is 0.350. The fourth-order valence-electron chi connectivity index (χ4n) is 3.20. The van der Waals surface area contributed by atoms with Gasteiger partial charge >= 0.3 is 0 Å². The summed E-state index contributed by atoms with van der Waals surface area (Å²) < 4.78 is 46.2. The minimum Gasteiger partial charge on any atom is -0.496 e. The first-order valence-electron chi connectivity index (χ1n) is 9.16. The lowest BCUT2D eigenvalue weighted by Gasteiger charge is -2.22. The molecule has 8 heteroatoms. The van der Waals surface area contributed by atoms with Gasteiger partial charge in [-0.25, -0.2) is 12.8 Å². The van der Waals surface area contributed by atoms with Crippen molar-refractivity contribution >= 4 is 21.6 Å². The molecule has 3 rings (SSSR count). The first-order valence-corrected chi connectivity index (χ1v) is 10.6. The molecule has 1 aliphatic rings. The largest absolute Gasteiger partial charge is 0.496 e. The predicted octanol–water partition coefficient (Wildman–Crippen LogP) is 3.65. The molecule has 6 nitrogen and oxygen atoms in total. The topological polar surface area (TPSA) is 75.7 Å². The number of benzene rings is 2. The van der Waals surface area contributed by atoms with Gasteiger partial charge in [0.1, 0.15) is 11.6 Å². The van der Waals surface area contributed by atoms with Gasteiger partial charge < -0.3 is 9.64 Å². The van der Waals surface area contributed by atoms with E-state index >= 15 is 0 Å². The van der Waals surface area contributed by atoms with Gasteiger partial charge in [-0.05, 0) is 55.3 Å². The molecule has 1 N–H and O–H groups in total. The van der Waals surface area contributed by atoms with E-state index in [2.05, 4.69) is 4.72 Å². The number of nitrogens with one attached hydrogen (secondary N) is 1. The van der Waals surface area contributed by atoms with Gasteiger partial charge in [-0.3, -0.25) is 9.52 Å². The summed E-state index contributed by atoms with van der Waals surface area (Å²) in [6, 6.07) is 9.19. The number of rotatable bonds is 5. The highest BCUT2D eigenvalue weighted by Gasteiger charge is 2.24. The van der Waals surface area contributed by atoms with E-state index in [4.69, 9.17) is 4.74 Å². The van der Waals surface area contributed by atoms with E-state index in [1.54, 1.807) is 4.90 Å². The molecule has 1 amide bonds. The molecule has 0 spiro atoms. The number of carbonyl (C=O) groups is 1. The maximum atomic E-state index is 13.0. The Balaban J connectivity index is 1.90. The smallest absolute Gasteiger partial charge is 0.261 e. The van der Waals surface area contributed by atoms with Gasteiger partial charge in [0.2, 0.25) is 0 Å². The van der Waals surface area contributed by atoms with Crippen LogP contribution in [0.2, 0.25) is 0 Å². The molecule has 0 bridgehead atoms. The SMILES string of the molecule is COc1ccc(S(=O)(=O)Nc2ccc(F)cc2)cc1C(=O)N1CCCCCC1. The molecule has 0 saturated carbocycles. The molecule has 0 radical (unpaired) electrons. The van der Waals surface area contributed by atoms with Gasteiger partial charge in [0.25, 0.3) is 15.9 Å². The Labute approximate surface area is 164 Å². The summed E-state index contributed by atoms with van der Waals surface area (Å²) in [6.45, 7) is 1.29. The van der Waals surface area contributed by atoms with Gasteiger partial charge in [0.15, 0.2) is 0 Å². The van der Waals surface area contributed by atoms with Crippen molar-refractivity contribution < 1.29 is 22.3 Å². The van der Waals surface area contributed by atoms with Gasteiger partial charge in [-0.15, -0.1) is 0 Å². The first kappa shape index (κ1) is 20.1. The Kier molecular flexibility index (Phi) is 6.18. The maximum Gasteiger partial charge on any atom is 0.261 e. The molecule has 150 valence electrons. The predicted molar refractivity (Wildman–Crippen MR) is 105 cm³/mol. The van der Waals surface area contributed by atoms with Crippen LogP contribution in [0.5, 0.6) is 5.75 Å². The summed E-state index contributed by atoms with van der Waals surface area (Å²) in [5.41, 5.74) is 0.448. The summed E-state index contributed by atoms with van der Waals surface area (Å²) in [6.07, 6.45) is 4.02. The van der Waals surface area contributed by atoms with Crippen molar-refractivity contribution in [1.29, 1.82) is 0 Å². The number of methoxy groups -OCH3 is 1. The van der Waals surface area contributed by atoms with E-state index in [1.807, 2.05) is 0 Å². The molecule has 2 aromatic carbocycles. The van der Waals surface area contributed by atoms with Crippen LogP contribution in [0, 0.1) is 5.82 Å². The van der Waals surface area contributed by atoms with Crippen LogP contribution < -0.4 is 9.46 Å². The monoisotopic (exact) mass is 406 g/mol. The number of likely N-dealkylation sites (tertiary alicyclic amines) is 1. The number of hydrogen-bond donors (Lipinski definition) is 1. The van der Waals surface area contributed by atoms with E-state index in [-0.39, 0.29) is 22.1 Å². The molecule has 1 heterocycles. The average Bonchev–Trinajstić information content (AvgIpc) is 2.98. The number of amides is 1. The highest BCUT2D eigenvalue weighted by atomic mass is 32.2. The van der Waals surface area contributed by atoms with Crippen LogP contribution in [0.25, 0.3) is 0 Å². The van der Waals surface area contributed by atoms with Crippen LogP contribution >= 0.6 is 0 Å². The third kappa shape index (κ3) is 4.62. The average molecular weight is 406 g/mol. The Morgan fingerprint density at radius 2 is 1.68 bits per heavy atom. The Hall–Kier alpha value is -2.61. The van der Waals surface area contributed by atoms with E-state index in [0.717, 1.165) is 25.7 Å². The zero-order valence-electron chi connectivity index (χ0n) is 15.7. The second kappa shape index (κ2) is 8.60. The number of nitrogens with zero attached hydrogens (tertiary/aromatic N) is 1. The summed E-state index contributed by atoms with van der Waals surface area (Å²) >= 11 is 0. The minimum atomic E-state index is -3.94. The molecule has 2 aromatic rings. The van der Waals surface area contributed by atoms with E-state index in [1.165, 1.54) is 49.6 Å². The lowest BCUT2D eigenvalue weighted by Crippen LogP contribution is -2.32. The van der Waals surface area contributed by atoms with Crippen molar-refractivity contribution in [3.8, 4) is 5.75 Å². The number of carbonyl (C=O) groups excluding carboxylic acids is 1. The zero-order valence-corrected chi connectivity index (χ0v) is 16.5. The number of halogens is 1. The van der Waals surface area contributed by atoms with Gasteiger partial charge in [-0.2, -0.15) is 0 Å². The highest BCUT2D eigenvalue weighted by molar-refractivity contribution is 7.92. The Morgan fingerprint density at radius 3 is 2.29 bits per heavy atom. The van der Waals surface area contributed by atoms with Crippen LogP contribution in [-0.4, -0.2) is 39.4 Å². The molecule has 1 saturated heterocycles. The molecule has 1 aliphatic heterocycles. The fourth-order valence-corrected chi connectivity index (χ4v) is 4.28. The highest BCUT2D eigenvalue weighted by Crippen LogP contribution is 2.26. The van der Waals surface area contributed by atoms with Crippen LogP contribution in [0.4, 0.5) is 10.1 Å². The number of ether oxygens (including phenoxy) is 1. The van der Waals surface area contributed by atoms with Crippen LogP contribution in [0.3, 0.4) is 0 Å². The Bertz CT molecular complexity index is 937. The second-order valence-corrected chi connectivity index (χ2v) is 8.36. The number of anilines is 1. The quantitative estimate of drug-likeness (QED) is 0.822. The minimum absolute atomic E-state index is 0.0594. The summed E-state index contributed by atoms with van der Waals surface area (Å²) in [5.74, 6) is -0.370. The molecule has 28 heavy (non-hydrogen) atoms. The molecule has 0 aromatic heterocycles. The van der Waals surface area contributed by atoms with Gasteiger partial charge in [-0.1, -0.05) is 12.8 Å². The molecule has 0 atom stereocenters. The summed E-state index contributed by atoms with van der Waals surface area (Å²) in [4.78, 5) is 14.7. The third-order valence-corrected chi connectivity index (χ3v) is 6.08. The van der Waals surface area contributed by atoms with E-state index in [9.17, 15) is 17.6 Å². The van der Waals surface area contributed by atoms with Crippen molar-refractivity contribution in [3.63, 3.8) is 0 Å². The van der Waals surface area contributed by atoms with Crippen LogP contribution in [0.15, 0.2) is 47.4 Å². The number of hydrogen-bond acceptors (Lipinski definition) is 4. The number of sulfonamides is 1. The first-order chi connectivity index (χ1) is 13.4. The second-order valence-electron chi connectivity index (χ2n) is 6.68. The molecular weight excluding hydrogens is 383 g/mol. The van der Waals surface area contributed by atoms with Crippen molar-refractivity contribution in [2.75, 3.05) is 24.9 Å². The Morgan fingerprint density at radius 1 is 1.04 bits per heavy atom. The molecule has 1 fully saturated rings. The third-order valence-electron chi connectivity index (χ3n) is 4.70. The van der Waals surface area contributed by atoms with Crippen LogP contribution in [0.1, 0.15) is 36.0 Å². The van der Waals surface area contributed by atoms with Gasteiger partial charge in [0.05, 0.1) is 17.6 Å². The normalized spacial score (nSPS) is 15.0. The summed E-state index contributed by atoms with van der Waals surface area (Å²) in [7, 11) is -2.50. The van der Waals surface area contributed by atoms with E-state index < -0.39 is 15.8 Å². The van der Waals surface area contributed by atoms with Crippen molar-refractivity contribution in [3.05, 3.63) is 53.8 Å². The lowest BCUT2D eigenvalue weighted by atomic mass is 10.1. The lowest BCUT2D eigenvalue weighted by molar-refractivity contribution is 0.0758. The summed E-state index contributed by atoms with van der Waals surface area (Å²) in [5, 5.41) is 0. The van der Waals surface area contributed by atoms with Crippen molar-refractivity contribution in [1.82, 2.24) is 4.90 Å². The maximum absolute atomic E-state index is 13.0. The molecule has 0 aliphatic carbocycles. The molecular formula is C20H23FN2O4S. The standard InChI is InChI=1S/C20H23FN2O4S/c1-27-19-11-10-17(28(25,26)22-16-8-6-15(21)7-9-16)14-18(19)20(24)23-12-4-2-3-5-13-23/h6-11,14,22H,2-5,12-13H2,1H3. The van der Waals surface area contributed by atoms with Crippen molar-refractivity contribution in [2.45, 2.75) is 30.6 Å². The van der Waals surface area contributed by atoms with Gasteiger partial charge in [0, 0.05) is 18.8 Å². The zero-order chi connectivity index (χ0) is 20.1. The van der Waals surface area contributed by atoms with E-state index in [0.29, 0.717) is 18.8 Å².